The van der Waals surface area contributed by atoms with Crippen LogP contribution in [0.1, 0.15) is 11.1 Å². The summed E-state index contributed by atoms with van der Waals surface area (Å²) in [5, 5.41) is 13.1. The smallest absolute Gasteiger partial charge is 0.339 e. The van der Waals surface area contributed by atoms with Gasteiger partial charge < -0.3 is 4.18 Å². The number of nitro benzene ring substituents is 1. The van der Waals surface area contributed by atoms with Crippen molar-refractivity contribution in [3.05, 3.63) is 98.6 Å². The Hall–Kier alpha value is -4.55. The van der Waals surface area contributed by atoms with E-state index in [0.717, 1.165) is 23.8 Å². The average molecular weight is 542 g/mol. The first-order valence-corrected chi connectivity index (χ1v) is 12.2. The highest BCUT2D eigenvalue weighted by atomic mass is 35.5. The second-order valence-corrected chi connectivity index (χ2v) is 9.75. The van der Waals surface area contributed by atoms with Crippen molar-refractivity contribution in [2.24, 2.45) is 0 Å². The molecule has 1 aliphatic rings. The first-order chi connectivity index (χ1) is 17.5. The third-order valence-corrected chi connectivity index (χ3v) is 6.68. The third-order valence-electron chi connectivity index (χ3n) is 5.20. The molecule has 1 saturated heterocycles. The zero-order chi connectivity index (χ0) is 26.9. The van der Waals surface area contributed by atoms with E-state index in [1.54, 1.807) is 19.1 Å². The molecule has 1 N–H and O–H groups in total. The zero-order valence-corrected chi connectivity index (χ0v) is 20.4. The van der Waals surface area contributed by atoms with Gasteiger partial charge in [-0.3, -0.25) is 25.0 Å². The number of non-ortho nitro benzene ring substituents is 1. The quantitative estimate of drug-likeness (QED) is 0.161. The van der Waals surface area contributed by atoms with Crippen molar-refractivity contribution in [3.63, 3.8) is 0 Å². The number of halogens is 1. The van der Waals surface area contributed by atoms with E-state index in [1.165, 1.54) is 42.5 Å². The summed E-state index contributed by atoms with van der Waals surface area (Å²) < 4.78 is 30.9. The van der Waals surface area contributed by atoms with E-state index >= 15 is 0 Å². The number of nitro groups is 1. The Morgan fingerprint density at radius 3 is 2.27 bits per heavy atom. The maximum Gasteiger partial charge on any atom is 0.339 e. The van der Waals surface area contributed by atoms with Crippen LogP contribution in [0.2, 0.25) is 5.02 Å². The molecule has 0 aliphatic carbocycles. The highest BCUT2D eigenvalue weighted by Gasteiger charge is 2.37. The first kappa shape index (κ1) is 25.5. The van der Waals surface area contributed by atoms with E-state index in [-0.39, 0.29) is 32.6 Å². The number of benzene rings is 3. The van der Waals surface area contributed by atoms with Gasteiger partial charge in [-0.1, -0.05) is 29.3 Å². The summed E-state index contributed by atoms with van der Waals surface area (Å²) in [5.41, 5.74) is -0.0192. The minimum absolute atomic E-state index is 0.0281. The molecule has 4 rings (SSSR count). The molecule has 37 heavy (non-hydrogen) atoms. The number of hydrogen-bond acceptors (Lipinski definition) is 8. The second kappa shape index (κ2) is 9.84. The molecule has 0 saturated carbocycles. The molecule has 0 spiro atoms. The number of aryl methyl sites for hydroxylation is 1. The maximum absolute atomic E-state index is 13.2. The first-order valence-electron chi connectivity index (χ1n) is 10.4. The lowest BCUT2D eigenvalue weighted by molar-refractivity contribution is -0.384. The van der Waals surface area contributed by atoms with Gasteiger partial charge in [0.25, 0.3) is 17.5 Å². The van der Waals surface area contributed by atoms with Crippen LogP contribution in [0.4, 0.5) is 16.2 Å². The number of carbonyl (C=O) groups excluding carboxylic acids is 3. The van der Waals surface area contributed by atoms with Crippen molar-refractivity contribution < 1.29 is 31.9 Å². The molecule has 4 amide bonds. The fourth-order valence-electron chi connectivity index (χ4n) is 3.35. The van der Waals surface area contributed by atoms with Crippen LogP contribution in [-0.4, -0.2) is 31.2 Å². The average Bonchev–Trinajstić information content (AvgIpc) is 2.83. The van der Waals surface area contributed by atoms with Gasteiger partial charge in [0.2, 0.25) is 0 Å². The number of urea groups is 1. The Kier molecular flexibility index (Phi) is 6.79. The maximum atomic E-state index is 13.2. The summed E-state index contributed by atoms with van der Waals surface area (Å²) >= 11 is 6.06. The molecule has 0 radical (unpaired) electrons. The molecule has 3 aromatic rings. The second-order valence-electron chi connectivity index (χ2n) is 7.76. The Labute approximate surface area is 215 Å². The Balaban J connectivity index is 1.72. The third kappa shape index (κ3) is 5.34. The Morgan fingerprint density at radius 2 is 1.65 bits per heavy atom. The van der Waals surface area contributed by atoms with Gasteiger partial charge in [0.05, 0.1) is 10.6 Å². The Morgan fingerprint density at radius 1 is 1.00 bits per heavy atom. The van der Waals surface area contributed by atoms with E-state index in [4.69, 9.17) is 15.8 Å². The van der Waals surface area contributed by atoms with E-state index in [0.29, 0.717) is 4.90 Å². The lowest BCUT2D eigenvalue weighted by Gasteiger charge is -2.26. The number of carbonyl (C=O) groups is 3. The molecule has 0 aromatic heterocycles. The van der Waals surface area contributed by atoms with Crippen molar-refractivity contribution in [1.29, 1.82) is 0 Å². The SMILES string of the molecule is Cc1ccc(S(=O)(=O)Oc2ccc(Cl)cc2/C=C2\C(=O)NC(=O)N(c3ccc([N+](=O)[O-])cc3)C2=O)cc1. The number of imide groups is 2. The van der Waals surface area contributed by atoms with Crippen molar-refractivity contribution in [1.82, 2.24) is 5.32 Å². The molecular weight excluding hydrogens is 526 g/mol. The van der Waals surface area contributed by atoms with Gasteiger partial charge in [-0.05, 0) is 55.5 Å². The zero-order valence-electron chi connectivity index (χ0n) is 18.9. The summed E-state index contributed by atoms with van der Waals surface area (Å²) in [6, 6.07) is 13.3. The van der Waals surface area contributed by atoms with E-state index in [9.17, 15) is 32.9 Å². The van der Waals surface area contributed by atoms with Crippen LogP contribution in [0.25, 0.3) is 6.08 Å². The molecule has 188 valence electrons. The minimum Gasteiger partial charge on any atom is -0.378 e. The molecule has 0 unspecified atom stereocenters. The molecule has 3 aromatic carbocycles. The van der Waals surface area contributed by atoms with Crippen molar-refractivity contribution in [2.45, 2.75) is 11.8 Å². The fraction of sp³-hybridized carbons (Fsp3) is 0.0417. The van der Waals surface area contributed by atoms with E-state index < -0.39 is 38.5 Å². The van der Waals surface area contributed by atoms with Crippen LogP contribution in [0.3, 0.4) is 0 Å². The normalized spacial score (nSPS) is 15.0. The highest BCUT2D eigenvalue weighted by Crippen LogP contribution is 2.30. The molecule has 13 heteroatoms. The van der Waals surface area contributed by atoms with Crippen LogP contribution >= 0.6 is 11.6 Å². The summed E-state index contributed by atoms with van der Waals surface area (Å²) in [6.07, 6.45) is 1.04. The Bertz CT molecular complexity index is 1580. The van der Waals surface area contributed by atoms with Gasteiger partial charge >= 0.3 is 16.1 Å². The van der Waals surface area contributed by atoms with Crippen LogP contribution < -0.4 is 14.4 Å². The minimum atomic E-state index is -4.28. The molecule has 0 atom stereocenters. The number of nitrogens with one attached hydrogen (secondary N) is 1. The summed E-state index contributed by atoms with van der Waals surface area (Å²) in [6.45, 7) is 1.79. The van der Waals surface area contributed by atoms with Crippen LogP contribution in [-0.2, 0) is 19.7 Å². The molecule has 11 nitrogen and oxygen atoms in total. The van der Waals surface area contributed by atoms with Crippen molar-refractivity contribution >= 4 is 57.0 Å². The predicted molar refractivity (Wildman–Crippen MR) is 133 cm³/mol. The van der Waals surface area contributed by atoms with E-state index in [2.05, 4.69) is 0 Å². The number of anilines is 1. The lowest BCUT2D eigenvalue weighted by atomic mass is 10.1. The lowest BCUT2D eigenvalue weighted by Crippen LogP contribution is -2.54. The molecule has 0 bridgehead atoms. The van der Waals surface area contributed by atoms with Gasteiger partial charge in [0, 0.05) is 22.7 Å². The summed E-state index contributed by atoms with van der Waals surface area (Å²) in [5.74, 6) is -2.31. The number of nitrogens with zero attached hydrogens (tertiary/aromatic N) is 2. The molecule has 1 heterocycles. The van der Waals surface area contributed by atoms with Gasteiger partial charge in [-0.25, -0.2) is 9.69 Å². The number of hydrogen-bond donors (Lipinski definition) is 1. The standard InChI is InChI=1S/C24H16ClN3O8S/c1-14-2-9-19(10-3-14)37(34,35)36-21-11-4-16(25)12-15(21)13-20-22(29)26-24(31)27(23(20)30)17-5-7-18(8-6-17)28(32)33/h2-13H,1H3,(H,26,29,31)/b20-13+. The van der Waals surface area contributed by atoms with Gasteiger partial charge in [-0.15, -0.1) is 0 Å². The highest BCUT2D eigenvalue weighted by molar-refractivity contribution is 7.87. The summed E-state index contributed by atoms with van der Waals surface area (Å²) in [4.78, 5) is 48.9. The van der Waals surface area contributed by atoms with Gasteiger partial charge in [-0.2, -0.15) is 8.42 Å². The molecule has 1 aliphatic heterocycles. The largest absolute Gasteiger partial charge is 0.378 e. The van der Waals surface area contributed by atoms with Gasteiger partial charge in [0.1, 0.15) is 16.2 Å². The van der Waals surface area contributed by atoms with E-state index in [1.807, 2.05) is 5.32 Å². The molecular formula is C24H16ClN3O8S. The van der Waals surface area contributed by atoms with Crippen LogP contribution in [0.5, 0.6) is 5.75 Å². The predicted octanol–water partition coefficient (Wildman–Crippen LogP) is 3.99. The van der Waals surface area contributed by atoms with Crippen LogP contribution in [0.15, 0.2) is 77.2 Å². The van der Waals surface area contributed by atoms with Crippen molar-refractivity contribution in [3.8, 4) is 5.75 Å². The van der Waals surface area contributed by atoms with Crippen molar-refractivity contribution in [2.75, 3.05) is 4.90 Å². The summed E-state index contributed by atoms with van der Waals surface area (Å²) in [7, 11) is -4.28. The fourth-order valence-corrected chi connectivity index (χ4v) is 4.48. The number of amides is 4. The van der Waals surface area contributed by atoms with Gasteiger partial charge in [0.15, 0.2) is 0 Å². The number of barbiturate groups is 1. The number of rotatable bonds is 6. The topological polar surface area (TPSA) is 153 Å². The van der Waals surface area contributed by atoms with Crippen LogP contribution in [0, 0.1) is 17.0 Å². The monoisotopic (exact) mass is 541 g/mol. The molecule has 1 fully saturated rings.